The maximum atomic E-state index is 13.7. The molecule has 3 aliphatic heterocycles. The molecule has 3 unspecified atom stereocenters. The van der Waals surface area contributed by atoms with Gasteiger partial charge in [-0.05, 0) is 37.7 Å². The van der Waals surface area contributed by atoms with Crippen molar-refractivity contribution in [1.29, 1.82) is 0 Å². The summed E-state index contributed by atoms with van der Waals surface area (Å²) in [5, 5.41) is 15.1. The molecule has 0 radical (unpaired) electrons. The monoisotopic (exact) mass is 535 g/mol. The molecule has 1 aromatic rings. The van der Waals surface area contributed by atoms with E-state index in [0.717, 1.165) is 18.4 Å². The van der Waals surface area contributed by atoms with Crippen molar-refractivity contribution in [2.24, 2.45) is 11.8 Å². The van der Waals surface area contributed by atoms with Crippen LogP contribution in [0.2, 0.25) is 0 Å². The summed E-state index contributed by atoms with van der Waals surface area (Å²) in [4.78, 5) is 42.0. The van der Waals surface area contributed by atoms with E-state index in [0.29, 0.717) is 38.9 Å². The van der Waals surface area contributed by atoms with Crippen LogP contribution in [0.3, 0.4) is 0 Å². The zero-order chi connectivity index (χ0) is 24.3. The summed E-state index contributed by atoms with van der Waals surface area (Å²) in [6, 6.07) is 8.83. The van der Waals surface area contributed by atoms with Gasteiger partial charge in [0.15, 0.2) is 0 Å². The van der Waals surface area contributed by atoms with Crippen molar-refractivity contribution in [3.8, 4) is 0 Å². The smallest absolute Gasteiger partial charge is 0.246 e. The summed E-state index contributed by atoms with van der Waals surface area (Å²) < 4.78 is 6.45. The van der Waals surface area contributed by atoms with E-state index in [1.807, 2.05) is 37.3 Å². The SMILES string of the molecule is CCCNC(=O)[C@H]1[C@H]2C(=O)N(CCCCCO)C(C(=O)NCc3ccccc3)C23CC(Br)[C@@H]1O3. The van der Waals surface area contributed by atoms with Crippen molar-refractivity contribution in [3.63, 3.8) is 0 Å². The third-order valence-corrected chi connectivity index (χ3v) is 8.10. The summed E-state index contributed by atoms with van der Waals surface area (Å²) in [5.74, 6) is -1.90. The minimum absolute atomic E-state index is 0.0945. The molecule has 186 valence electrons. The lowest BCUT2D eigenvalue weighted by molar-refractivity contribution is -0.142. The number of likely N-dealkylation sites (tertiary alicyclic amines) is 1. The van der Waals surface area contributed by atoms with Crippen LogP contribution in [0, 0.1) is 11.8 Å². The number of benzene rings is 1. The summed E-state index contributed by atoms with van der Waals surface area (Å²) >= 11 is 3.67. The minimum Gasteiger partial charge on any atom is -0.396 e. The molecule has 3 amide bonds. The molecule has 3 N–H and O–H groups in total. The van der Waals surface area contributed by atoms with E-state index in [-0.39, 0.29) is 29.2 Å². The first-order valence-corrected chi connectivity index (χ1v) is 13.2. The van der Waals surface area contributed by atoms with Gasteiger partial charge >= 0.3 is 0 Å². The van der Waals surface area contributed by atoms with Crippen molar-refractivity contribution in [2.75, 3.05) is 19.7 Å². The van der Waals surface area contributed by atoms with Crippen LogP contribution in [-0.2, 0) is 25.7 Å². The minimum atomic E-state index is -1.03. The van der Waals surface area contributed by atoms with Crippen LogP contribution in [0.15, 0.2) is 30.3 Å². The predicted octanol–water partition coefficient (Wildman–Crippen LogP) is 1.74. The Bertz CT molecular complexity index is 900. The van der Waals surface area contributed by atoms with Crippen molar-refractivity contribution in [1.82, 2.24) is 15.5 Å². The largest absolute Gasteiger partial charge is 0.396 e. The maximum Gasteiger partial charge on any atom is 0.246 e. The van der Waals surface area contributed by atoms with Gasteiger partial charge in [0, 0.05) is 31.1 Å². The molecule has 6 atom stereocenters. The average Bonchev–Trinajstić information content (AvgIpc) is 3.43. The topological polar surface area (TPSA) is 108 Å². The molecule has 9 heteroatoms. The number of carbonyl (C=O) groups is 3. The number of hydrogen-bond donors (Lipinski definition) is 3. The van der Waals surface area contributed by atoms with E-state index in [9.17, 15) is 14.4 Å². The molecule has 0 saturated carbocycles. The van der Waals surface area contributed by atoms with Crippen molar-refractivity contribution in [2.45, 2.75) is 68.1 Å². The lowest BCUT2D eigenvalue weighted by atomic mass is 9.70. The highest BCUT2D eigenvalue weighted by atomic mass is 79.9. The van der Waals surface area contributed by atoms with Gasteiger partial charge in [-0.2, -0.15) is 0 Å². The molecule has 0 aliphatic carbocycles. The number of nitrogens with one attached hydrogen (secondary N) is 2. The Kier molecular flexibility index (Phi) is 7.94. The van der Waals surface area contributed by atoms with E-state index < -0.39 is 29.6 Å². The number of aliphatic hydroxyl groups is 1. The fourth-order valence-corrected chi connectivity index (χ4v) is 6.73. The third kappa shape index (κ3) is 4.50. The van der Waals surface area contributed by atoms with Crippen molar-refractivity contribution >= 4 is 33.7 Å². The van der Waals surface area contributed by atoms with E-state index in [4.69, 9.17) is 9.84 Å². The Balaban J connectivity index is 1.60. The number of aliphatic hydroxyl groups excluding tert-OH is 1. The quantitative estimate of drug-likeness (QED) is 0.295. The maximum absolute atomic E-state index is 13.7. The molecule has 1 aromatic carbocycles. The number of nitrogens with zero attached hydrogens (tertiary/aromatic N) is 1. The lowest BCUT2D eigenvalue weighted by Crippen LogP contribution is -2.56. The average molecular weight is 536 g/mol. The van der Waals surface area contributed by atoms with Crippen LogP contribution in [0.25, 0.3) is 0 Å². The van der Waals surface area contributed by atoms with Gasteiger partial charge in [0.1, 0.15) is 11.6 Å². The second kappa shape index (κ2) is 10.7. The van der Waals surface area contributed by atoms with Gasteiger partial charge < -0.3 is 25.4 Å². The molecule has 34 heavy (non-hydrogen) atoms. The summed E-state index contributed by atoms with van der Waals surface area (Å²) in [5.41, 5.74) is -0.0578. The molecule has 3 fully saturated rings. The van der Waals surface area contributed by atoms with Crippen LogP contribution in [-0.4, -0.2) is 70.0 Å². The van der Waals surface area contributed by atoms with E-state index >= 15 is 0 Å². The van der Waals surface area contributed by atoms with Gasteiger partial charge in [-0.1, -0.05) is 53.2 Å². The van der Waals surface area contributed by atoms with Gasteiger partial charge in [-0.15, -0.1) is 0 Å². The zero-order valence-electron chi connectivity index (χ0n) is 19.5. The molecular weight excluding hydrogens is 502 g/mol. The van der Waals surface area contributed by atoms with Gasteiger partial charge in [-0.25, -0.2) is 0 Å². The lowest BCUT2D eigenvalue weighted by Gasteiger charge is -2.34. The fourth-order valence-electron chi connectivity index (χ4n) is 5.79. The predicted molar refractivity (Wildman–Crippen MR) is 130 cm³/mol. The van der Waals surface area contributed by atoms with Crippen LogP contribution in [0.4, 0.5) is 0 Å². The standard InChI is InChI=1S/C25H34BrN3O5/c1-2-11-27-22(31)18-19-24(33)29(12-7-4-8-13-30)21(25(19)14-17(26)20(18)34-25)23(32)28-15-16-9-5-3-6-10-16/h3,5-6,9-10,17-21,30H,2,4,7-8,11-15H2,1H3,(H,27,31)(H,28,32)/t17?,18-,19-,20-,21?,25?/m0/s1. The number of amides is 3. The third-order valence-electron chi connectivity index (χ3n) is 7.26. The molecule has 1 spiro atoms. The number of hydrogen-bond acceptors (Lipinski definition) is 5. The Morgan fingerprint density at radius 2 is 1.94 bits per heavy atom. The second-order valence-electron chi connectivity index (χ2n) is 9.47. The molecule has 3 aliphatic rings. The van der Waals surface area contributed by atoms with Crippen LogP contribution >= 0.6 is 15.9 Å². The number of alkyl halides is 1. The number of halogens is 1. The number of fused-ring (bicyclic) bond motifs is 1. The first-order valence-electron chi connectivity index (χ1n) is 12.3. The zero-order valence-corrected chi connectivity index (χ0v) is 21.1. The van der Waals surface area contributed by atoms with Gasteiger partial charge in [0.25, 0.3) is 0 Å². The number of unbranched alkanes of at least 4 members (excludes halogenated alkanes) is 2. The molecule has 2 bridgehead atoms. The molecular formula is C25H34BrN3O5. The van der Waals surface area contributed by atoms with Gasteiger partial charge in [0.05, 0.1) is 17.9 Å². The Morgan fingerprint density at radius 3 is 2.65 bits per heavy atom. The Labute approximate surface area is 208 Å². The highest BCUT2D eigenvalue weighted by Gasteiger charge is 2.76. The van der Waals surface area contributed by atoms with Crippen molar-refractivity contribution < 1.29 is 24.2 Å². The molecule has 8 nitrogen and oxygen atoms in total. The van der Waals surface area contributed by atoms with Crippen molar-refractivity contribution in [3.05, 3.63) is 35.9 Å². The first kappa shape index (κ1) is 25.1. The first-order chi connectivity index (χ1) is 16.4. The molecule has 3 heterocycles. The summed E-state index contributed by atoms with van der Waals surface area (Å²) in [6.45, 7) is 3.36. The summed E-state index contributed by atoms with van der Waals surface area (Å²) in [6.07, 6.45) is 2.93. The fraction of sp³-hybridized carbons (Fsp3) is 0.640. The van der Waals surface area contributed by atoms with E-state index in [1.165, 1.54) is 0 Å². The highest BCUT2D eigenvalue weighted by molar-refractivity contribution is 9.09. The Hall–Kier alpha value is -1.97. The molecule has 3 saturated heterocycles. The summed E-state index contributed by atoms with van der Waals surface area (Å²) in [7, 11) is 0. The van der Waals surface area contributed by atoms with E-state index in [1.54, 1.807) is 4.90 Å². The highest BCUT2D eigenvalue weighted by Crippen LogP contribution is 2.60. The van der Waals surface area contributed by atoms with Gasteiger partial charge in [-0.3, -0.25) is 14.4 Å². The van der Waals surface area contributed by atoms with E-state index in [2.05, 4.69) is 26.6 Å². The Morgan fingerprint density at radius 1 is 1.18 bits per heavy atom. The number of rotatable bonds is 11. The van der Waals surface area contributed by atoms with Crippen LogP contribution in [0.5, 0.6) is 0 Å². The van der Waals surface area contributed by atoms with Crippen LogP contribution in [0.1, 0.15) is 44.6 Å². The molecule has 4 rings (SSSR count). The number of carbonyl (C=O) groups excluding carboxylic acids is 3. The molecule has 0 aromatic heterocycles. The number of ether oxygens (including phenoxy) is 1. The normalized spacial score (nSPS) is 31.6. The van der Waals surface area contributed by atoms with Gasteiger partial charge in [0.2, 0.25) is 17.7 Å². The second-order valence-corrected chi connectivity index (χ2v) is 10.7. The van der Waals surface area contributed by atoms with Crippen LogP contribution < -0.4 is 10.6 Å².